The molecule has 1 aromatic carbocycles. The maximum absolute atomic E-state index is 13.7. The van der Waals surface area contributed by atoms with E-state index in [0.29, 0.717) is 17.9 Å². The Kier molecular flexibility index (Phi) is 3.72. The lowest BCUT2D eigenvalue weighted by Gasteiger charge is -2.06. The van der Waals surface area contributed by atoms with Gasteiger partial charge >= 0.3 is 0 Å². The van der Waals surface area contributed by atoms with Gasteiger partial charge in [-0.05, 0) is 41.6 Å². The van der Waals surface area contributed by atoms with Crippen LogP contribution in [0.4, 0.5) is 10.2 Å². The van der Waals surface area contributed by atoms with Crippen molar-refractivity contribution in [3.8, 4) is 0 Å². The Bertz CT molecular complexity index is 568. The quantitative estimate of drug-likeness (QED) is 0.773. The van der Waals surface area contributed by atoms with E-state index in [2.05, 4.69) is 43.6 Å². The lowest BCUT2D eigenvalue weighted by atomic mass is 10.2. The minimum absolute atomic E-state index is 0.262. The number of benzene rings is 1. The lowest BCUT2D eigenvalue weighted by molar-refractivity contribution is 0.585. The number of aromatic nitrogens is 2. The van der Waals surface area contributed by atoms with Crippen molar-refractivity contribution in [3.63, 3.8) is 0 Å². The molecule has 1 heterocycles. The highest BCUT2D eigenvalue weighted by molar-refractivity contribution is 14.1. The molecule has 2 rings (SSSR count). The normalized spacial score (nSPS) is 10.8. The summed E-state index contributed by atoms with van der Waals surface area (Å²) in [5, 5.41) is 4.27. The van der Waals surface area contributed by atoms with Gasteiger partial charge in [-0.2, -0.15) is 5.10 Å². The third kappa shape index (κ3) is 2.62. The molecule has 0 unspecified atom stereocenters. The van der Waals surface area contributed by atoms with Gasteiger partial charge in [0, 0.05) is 10.0 Å². The van der Waals surface area contributed by atoms with Crippen LogP contribution in [0.1, 0.15) is 11.3 Å². The van der Waals surface area contributed by atoms with Crippen molar-refractivity contribution < 1.29 is 4.39 Å². The van der Waals surface area contributed by atoms with E-state index < -0.39 is 0 Å². The van der Waals surface area contributed by atoms with Gasteiger partial charge in [0.15, 0.2) is 0 Å². The molecule has 0 aliphatic heterocycles. The van der Waals surface area contributed by atoms with Crippen molar-refractivity contribution >= 4 is 44.3 Å². The Hall–Kier alpha value is -0.630. The highest BCUT2D eigenvalue weighted by atomic mass is 127. The molecular formula is C11H10BrFIN3. The molecule has 0 aliphatic rings. The standard InChI is InChI=1S/C11H10BrFIN3/c1-6-10(14)11(15)17(16-6)5-7-2-3-8(12)4-9(7)13/h2-4H,5,15H2,1H3. The van der Waals surface area contributed by atoms with Crippen LogP contribution in [0, 0.1) is 16.3 Å². The van der Waals surface area contributed by atoms with Crippen LogP contribution in [0.3, 0.4) is 0 Å². The Morgan fingerprint density at radius 1 is 1.53 bits per heavy atom. The van der Waals surface area contributed by atoms with Crippen molar-refractivity contribution in [3.05, 3.63) is 43.3 Å². The molecule has 2 N–H and O–H groups in total. The third-order valence-electron chi connectivity index (χ3n) is 2.43. The van der Waals surface area contributed by atoms with Gasteiger partial charge in [0.05, 0.1) is 15.8 Å². The molecule has 0 spiro atoms. The zero-order chi connectivity index (χ0) is 12.6. The van der Waals surface area contributed by atoms with Crippen molar-refractivity contribution in [1.82, 2.24) is 9.78 Å². The van der Waals surface area contributed by atoms with Crippen LogP contribution in [-0.4, -0.2) is 9.78 Å². The highest BCUT2D eigenvalue weighted by Gasteiger charge is 2.11. The van der Waals surface area contributed by atoms with Gasteiger partial charge in [0.1, 0.15) is 11.6 Å². The van der Waals surface area contributed by atoms with E-state index in [4.69, 9.17) is 5.73 Å². The number of nitrogen functional groups attached to an aromatic ring is 1. The number of aryl methyl sites for hydroxylation is 1. The lowest BCUT2D eigenvalue weighted by Crippen LogP contribution is -2.07. The summed E-state index contributed by atoms with van der Waals surface area (Å²) in [7, 11) is 0. The van der Waals surface area contributed by atoms with Crippen LogP contribution >= 0.6 is 38.5 Å². The monoisotopic (exact) mass is 409 g/mol. The summed E-state index contributed by atoms with van der Waals surface area (Å²) in [6.45, 7) is 2.22. The highest BCUT2D eigenvalue weighted by Crippen LogP contribution is 2.21. The van der Waals surface area contributed by atoms with E-state index in [1.165, 1.54) is 6.07 Å². The van der Waals surface area contributed by atoms with E-state index >= 15 is 0 Å². The minimum Gasteiger partial charge on any atom is -0.383 e. The molecule has 0 radical (unpaired) electrons. The molecule has 6 heteroatoms. The summed E-state index contributed by atoms with van der Waals surface area (Å²) in [5.74, 6) is 0.312. The molecule has 17 heavy (non-hydrogen) atoms. The second-order valence-electron chi connectivity index (χ2n) is 3.68. The molecule has 2 aromatic rings. The minimum atomic E-state index is -0.262. The van der Waals surface area contributed by atoms with Crippen molar-refractivity contribution in [2.45, 2.75) is 13.5 Å². The van der Waals surface area contributed by atoms with E-state index in [-0.39, 0.29) is 5.82 Å². The largest absolute Gasteiger partial charge is 0.383 e. The SMILES string of the molecule is Cc1nn(Cc2ccc(Br)cc2F)c(N)c1I. The topological polar surface area (TPSA) is 43.8 Å². The first-order valence-electron chi connectivity index (χ1n) is 4.91. The second kappa shape index (κ2) is 4.93. The number of rotatable bonds is 2. The molecule has 0 atom stereocenters. The smallest absolute Gasteiger partial charge is 0.135 e. The number of halogens is 3. The molecule has 0 aliphatic carbocycles. The van der Waals surface area contributed by atoms with E-state index in [1.54, 1.807) is 16.8 Å². The predicted molar refractivity (Wildman–Crippen MR) is 77.3 cm³/mol. The second-order valence-corrected chi connectivity index (χ2v) is 5.67. The molecule has 1 aromatic heterocycles. The van der Waals surface area contributed by atoms with E-state index in [1.807, 2.05) is 6.92 Å². The van der Waals surface area contributed by atoms with Crippen LogP contribution < -0.4 is 5.73 Å². The van der Waals surface area contributed by atoms with Gasteiger partial charge in [0.25, 0.3) is 0 Å². The number of anilines is 1. The molecule has 0 amide bonds. The predicted octanol–water partition coefficient (Wildman–Crippen LogP) is 3.33. The van der Waals surface area contributed by atoms with Gasteiger partial charge in [-0.15, -0.1) is 0 Å². The molecule has 0 saturated carbocycles. The third-order valence-corrected chi connectivity index (χ3v) is 4.25. The number of hydrogen-bond donors (Lipinski definition) is 1. The first-order chi connectivity index (χ1) is 7.99. The van der Waals surface area contributed by atoms with Crippen LogP contribution in [0.15, 0.2) is 22.7 Å². The molecule has 90 valence electrons. The van der Waals surface area contributed by atoms with Gasteiger partial charge in [-0.25, -0.2) is 9.07 Å². The Morgan fingerprint density at radius 2 is 2.24 bits per heavy atom. The average molecular weight is 410 g/mol. The molecule has 3 nitrogen and oxygen atoms in total. The number of nitrogens with zero attached hydrogens (tertiary/aromatic N) is 2. The van der Waals surface area contributed by atoms with Gasteiger partial charge in [-0.3, -0.25) is 0 Å². The maximum atomic E-state index is 13.7. The molecule has 0 bridgehead atoms. The summed E-state index contributed by atoms with van der Waals surface area (Å²) in [5.41, 5.74) is 7.32. The summed E-state index contributed by atoms with van der Waals surface area (Å²) < 4.78 is 16.9. The summed E-state index contributed by atoms with van der Waals surface area (Å²) in [4.78, 5) is 0. The molecule has 0 fully saturated rings. The fourth-order valence-electron chi connectivity index (χ4n) is 1.51. The van der Waals surface area contributed by atoms with Crippen molar-refractivity contribution in [2.75, 3.05) is 5.73 Å². The maximum Gasteiger partial charge on any atom is 0.135 e. The fraction of sp³-hybridized carbons (Fsp3) is 0.182. The first-order valence-corrected chi connectivity index (χ1v) is 6.78. The fourth-order valence-corrected chi connectivity index (χ4v) is 2.23. The van der Waals surface area contributed by atoms with Gasteiger partial charge in [-0.1, -0.05) is 22.0 Å². The summed E-state index contributed by atoms with van der Waals surface area (Å²) >= 11 is 5.36. The van der Waals surface area contributed by atoms with Crippen molar-refractivity contribution in [1.29, 1.82) is 0 Å². The zero-order valence-corrected chi connectivity index (χ0v) is 12.8. The van der Waals surface area contributed by atoms with E-state index in [0.717, 1.165) is 13.7 Å². The Balaban J connectivity index is 2.34. The average Bonchev–Trinajstić information content (AvgIpc) is 2.50. The van der Waals surface area contributed by atoms with Gasteiger partial charge < -0.3 is 5.73 Å². The molecular weight excluding hydrogens is 400 g/mol. The number of nitrogens with two attached hydrogens (primary N) is 1. The Labute approximate surface area is 120 Å². The zero-order valence-electron chi connectivity index (χ0n) is 9.04. The van der Waals surface area contributed by atoms with Crippen LogP contribution in [0.2, 0.25) is 0 Å². The van der Waals surface area contributed by atoms with Crippen LogP contribution in [-0.2, 0) is 6.54 Å². The summed E-state index contributed by atoms with van der Waals surface area (Å²) in [6.07, 6.45) is 0. The van der Waals surface area contributed by atoms with Gasteiger partial charge in [0.2, 0.25) is 0 Å². The Morgan fingerprint density at radius 3 is 2.76 bits per heavy atom. The van der Waals surface area contributed by atoms with E-state index in [9.17, 15) is 4.39 Å². The van der Waals surface area contributed by atoms with Crippen molar-refractivity contribution in [2.24, 2.45) is 0 Å². The van der Waals surface area contributed by atoms with Crippen LogP contribution in [0.5, 0.6) is 0 Å². The first kappa shape index (κ1) is 12.8. The number of hydrogen-bond acceptors (Lipinski definition) is 2. The van der Waals surface area contributed by atoms with Crippen LogP contribution in [0.25, 0.3) is 0 Å². The summed E-state index contributed by atoms with van der Waals surface area (Å²) in [6, 6.07) is 4.96. The molecule has 0 saturated heterocycles.